The summed E-state index contributed by atoms with van der Waals surface area (Å²) in [5, 5.41) is 2.86. The van der Waals surface area contributed by atoms with E-state index in [-0.39, 0.29) is 39.4 Å². The van der Waals surface area contributed by atoms with Crippen LogP contribution in [0.2, 0.25) is 10.0 Å². The summed E-state index contributed by atoms with van der Waals surface area (Å²) >= 11 is 11.7. The van der Waals surface area contributed by atoms with E-state index < -0.39 is 23.6 Å². The van der Waals surface area contributed by atoms with E-state index in [1.165, 1.54) is 31.3 Å². The van der Waals surface area contributed by atoms with Crippen LogP contribution in [0.25, 0.3) is 0 Å². The Morgan fingerprint density at radius 1 is 1.41 bits per heavy atom. The number of rotatable bonds is 3. The van der Waals surface area contributed by atoms with Gasteiger partial charge in [0.2, 0.25) is 6.36 Å². The largest absolute Gasteiger partial charge is 0.385 e. The maximum Gasteiger partial charge on any atom is 0.275 e. The van der Waals surface area contributed by atoms with Crippen molar-refractivity contribution in [3.8, 4) is 0 Å². The maximum absolute atomic E-state index is 14.4. The third kappa shape index (κ3) is 3.87. The predicted molar refractivity (Wildman–Crippen MR) is 98.4 cm³/mol. The predicted octanol–water partition coefficient (Wildman–Crippen LogP) is 3.68. The Kier molecular flexibility index (Phi) is 5.32. The second kappa shape index (κ2) is 7.38. The first-order valence-corrected chi connectivity index (χ1v) is 8.48. The number of amides is 1. The normalized spacial score (nSPS) is 22.3. The standard InChI is InChI=1S/C17H14Cl2F2N4O2/c1-17(16(21)27-7-13(22)25-17)10-5-9(2-3-12(10)20)24-15(26)14-11(19)4-8(18)6-23-14/h2-6,16H,7H2,1H3,(H2,22,25)(H,24,26). The molecule has 3 rings (SSSR count). The molecule has 6 nitrogen and oxygen atoms in total. The van der Waals surface area contributed by atoms with E-state index in [0.29, 0.717) is 0 Å². The number of nitrogens with one attached hydrogen (secondary N) is 1. The van der Waals surface area contributed by atoms with Gasteiger partial charge in [-0.15, -0.1) is 0 Å². The molecule has 3 N–H and O–H groups in total. The van der Waals surface area contributed by atoms with Crippen LogP contribution in [0.3, 0.4) is 0 Å². The molecule has 2 aromatic rings. The molecule has 10 heteroatoms. The van der Waals surface area contributed by atoms with Gasteiger partial charge < -0.3 is 15.8 Å². The van der Waals surface area contributed by atoms with Crippen molar-refractivity contribution in [1.29, 1.82) is 0 Å². The minimum absolute atomic E-state index is 0.0392. The molecule has 27 heavy (non-hydrogen) atoms. The Labute approximate surface area is 163 Å². The lowest BCUT2D eigenvalue weighted by Gasteiger charge is -2.33. The monoisotopic (exact) mass is 414 g/mol. The van der Waals surface area contributed by atoms with E-state index in [2.05, 4.69) is 15.3 Å². The number of halogens is 4. The number of alkyl halides is 1. The fourth-order valence-corrected chi connectivity index (χ4v) is 3.11. The Bertz CT molecular complexity index is 941. The number of hydrogen-bond acceptors (Lipinski definition) is 5. The third-order valence-electron chi connectivity index (χ3n) is 3.99. The van der Waals surface area contributed by atoms with E-state index >= 15 is 0 Å². The van der Waals surface area contributed by atoms with Crippen LogP contribution in [0, 0.1) is 5.82 Å². The molecular weight excluding hydrogens is 401 g/mol. The fraction of sp³-hybridized carbons (Fsp3) is 0.235. The number of anilines is 1. The van der Waals surface area contributed by atoms with Crippen molar-refractivity contribution in [2.45, 2.75) is 18.8 Å². The van der Waals surface area contributed by atoms with Crippen molar-refractivity contribution >= 4 is 40.6 Å². The summed E-state index contributed by atoms with van der Waals surface area (Å²) in [5.41, 5.74) is 3.93. The average Bonchev–Trinajstić information content (AvgIpc) is 2.60. The van der Waals surface area contributed by atoms with Gasteiger partial charge in [0, 0.05) is 17.4 Å². The highest BCUT2D eigenvalue weighted by Gasteiger charge is 2.42. The molecule has 142 valence electrons. The highest BCUT2D eigenvalue weighted by molar-refractivity contribution is 6.36. The summed E-state index contributed by atoms with van der Waals surface area (Å²) in [6.07, 6.45) is -0.637. The number of nitrogens with two attached hydrogens (primary N) is 1. The Hall–Kier alpha value is -2.29. The highest BCUT2D eigenvalue weighted by Crippen LogP contribution is 2.37. The molecule has 1 aliphatic heterocycles. The Morgan fingerprint density at radius 2 is 2.15 bits per heavy atom. The molecule has 0 radical (unpaired) electrons. The summed E-state index contributed by atoms with van der Waals surface area (Å²) in [7, 11) is 0. The number of amidine groups is 1. The topological polar surface area (TPSA) is 89.6 Å². The lowest BCUT2D eigenvalue weighted by atomic mass is 9.90. The van der Waals surface area contributed by atoms with E-state index in [4.69, 9.17) is 33.7 Å². The van der Waals surface area contributed by atoms with Crippen LogP contribution in [-0.2, 0) is 10.3 Å². The lowest BCUT2D eigenvalue weighted by Crippen LogP contribution is -2.43. The van der Waals surface area contributed by atoms with E-state index in [1.54, 1.807) is 0 Å². The van der Waals surface area contributed by atoms with Crippen molar-refractivity contribution in [3.63, 3.8) is 0 Å². The molecule has 2 atom stereocenters. The van der Waals surface area contributed by atoms with Crippen LogP contribution >= 0.6 is 23.2 Å². The molecule has 0 bridgehead atoms. The number of pyridine rings is 1. The molecule has 0 fully saturated rings. The quantitative estimate of drug-likeness (QED) is 0.801. The minimum atomic E-state index is -1.90. The van der Waals surface area contributed by atoms with Crippen molar-refractivity contribution in [1.82, 2.24) is 4.98 Å². The first-order valence-electron chi connectivity index (χ1n) is 7.73. The van der Waals surface area contributed by atoms with Gasteiger partial charge in [-0.3, -0.25) is 9.79 Å². The van der Waals surface area contributed by atoms with Gasteiger partial charge in [0.25, 0.3) is 5.91 Å². The van der Waals surface area contributed by atoms with Crippen molar-refractivity contribution < 1.29 is 18.3 Å². The molecule has 2 unspecified atom stereocenters. The molecule has 1 amide bonds. The van der Waals surface area contributed by atoms with Crippen molar-refractivity contribution in [2.24, 2.45) is 10.7 Å². The summed E-state index contributed by atoms with van der Waals surface area (Å²) in [4.78, 5) is 20.3. The summed E-state index contributed by atoms with van der Waals surface area (Å²) in [5.74, 6) is -1.32. The number of carbonyl (C=O) groups excluding carboxylic acids is 1. The molecule has 2 heterocycles. The first kappa shape index (κ1) is 19.5. The molecular formula is C17H14Cl2F2N4O2. The van der Waals surface area contributed by atoms with Crippen LogP contribution in [-0.4, -0.2) is 29.7 Å². The lowest BCUT2D eigenvalue weighted by molar-refractivity contribution is -0.0805. The zero-order chi connectivity index (χ0) is 19.8. The van der Waals surface area contributed by atoms with Crippen LogP contribution in [0.15, 0.2) is 35.5 Å². The third-order valence-corrected chi connectivity index (χ3v) is 4.48. The van der Waals surface area contributed by atoms with Gasteiger partial charge in [-0.2, -0.15) is 0 Å². The Morgan fingerprint density at radius 3 is 2.85 bits per heavy atom. The zero-order valence-corrected chi connectivity index (χ0v) is 15.5. The van der Waals surface area contributed by atoms with Gasteiger partial charge in [-0.1, -0.05) is 23.2 Å². The molecule has 0 spiro atoms. The van der Waals surface area contributed by atoms with Gasteiger partial charge in [-0.05, 0) is 31.2 Å². The van der Waals surface area contributed by atoms with Gasteiger partial charge in [0.05, 0.1) is 10.0 Å². The molecule has 1 aromatic heterocycles. The van der Waals surface area contributed by atoms with Gasteiger partial charge in [-0.25, -0.2) is 13.8 Å². The Balaban J connectivity index is 1.94. The van der Waals surface area contributed by atoms with Crippen LogP contribution in [0.5, 0.6) is 0 Å². The molecule has 0 aliphatic carbocycles. The zero-order valence-electron chi connectivity index (χ0n) is 14.0. The molecule has 0 saturated heterocycles. The number of nitrogens with zero attached hydrogens (tertiary/aromatic N) is 2. The number of carbonyl (C=O) groups is 1. The number of aromatic nitrogens is 1. The van der Waals surface area contributed by atoms with E-state index in [0.717, 1.165) is 6.07 Å². The van der Waals surface area contributed by atoms with Crippen molar-refractivity contribution in [3.05, 3.63) is 57.6 Å². The number of aliphatic imine (C=N–C) groups is 1. The summed E-state index contributed by atoms with van der Waals surface area (Å²) in [6, 6.07) is 5.02. The number of ether oxygens (including phenoxy) is 1. The van der Waals surface area contributed by atoms with Crippen LogP contribution in [0.4, 0.5) is 14.5 Å². The molecule has 0 saturated carbocycles. The highest BCUT2D eigenvalue weighted by atomic mass is 35.5. The first-order chi connectivity index (χ1) is 12.7. The van der Waals surface area contributed by atoms with Crippen LogP contribution in [0.1, 0.15) is 23.0 Å². The van der Waals surface area contributed by atoms with Gasteiger partial charge in [0.1, 0.15) is 29.5 Å². The van der Waals surface area contributed by atoms with Gasteiger partial charge >= 0.3 is 0 Å². The second-order valence-electron chi connectivity index (χ2n) is 6.01. The molecule has 1 aromatic carbocycles. The SMILES string of the molecule is CC1(c2cc(NC(=O)c3ncc(Cl)cc3Cl)ccc2F)N=C(N)COC1F. The number of hydrogen-bond donors (Lipinski definition) is 2. The minimum Gasteiger partial charge on any atom is -0.385 e. The number of benzene rings is 1. The van der Waals surface area contributed by atoms with E-state index in [1.807, 2.05) is 0 Å². The summed E-state index contributed by atoms with van der Waals surface area (Å²) in [6.45, 7) is 1.17. The van der Waals surface area contributed by atoms with Gasteiger partial charge in [0.15, 0.2) is 0 Å². The maximum atomic E-state index is 14.4. The summed E-state index contributed by atoms with van der Waals surface area (Å²) < 4.78 is 33.6. The fourth-order valence-electron chi connectivity index (χ4n) is 2.65. The van der Waals surface area contributed by atoms with E-state index in [9.17, 15) is 13.6 Å². The average molecular weight is 415 g/mol. The smallest absolute Gasteiger partial charge is 0.275 e. The molecule has 1 aliphatic rings. The van der Waals surface area contributed by atoms with Crippen LogP contribution < -0.4 is 11.1 Å². The second-order valence-corrected chi connectivity index (χ2v) is 6.85. The van der Waals surface area contributed by atoms with Crippen molar-refractivity contribution in [2.75, 3.05) is 11.9 Å².